The molecule has 3 rings (SSSR count). The lowest BCUT2D eigenvalue weighted by atomic mass is 10.2. The van der Waals surface area contributed by atoms with Gasteiger partial charge in [-0.1, -0.05) is 42.5 Å². The maximum absolute atomic E-state index is 5.67. The van der Waals surface area contributed by atoms with Gasteiger partial charge in [0.05, 0.1) is 18.4 Å². The van der Waals surface area contributed by atoms with Crippen molar-refractivity contribution in [3.05, 3.63) is 64.9 Å². The van der Waals surface area contributed by atoms with Gasteiger partial charge in [0.15, 0.2) is 5.82 Å². The zero-order valence-corrected chi connectivity index (χ0v) is 13.5. The fourth-order valence-electron chi connectivity index (χ4n) is 2.17. The summed E-state index contributed by atoms with van der Waals surface area (Å²) in [4.78, 5) is 0. The van der Waals surface area contributed by atoms with Crippen LogP contribution in [0.25, 0.3) is 11.4 Å². The lowest BCUT2D eigenvalue weighted by molar-refractivity contribution is 0.341. The summed E-state index contributed by atoms with van der Waals surface area (Å²) in [6.45, 7) is 2.52. The van der Waals surface area contributed by atoms with Gasteiger partial charge in [0.1, 0.15) is 5.75 Å². The Morgan fingerprint density at radius 2 is 1.91 bits per heavy atom. The van der Waals surface area contributed by atoms with Crippen LogP contribution in [0.4, 0.5) is 0 Å². The standard InChI is InChI=1S/C17H16N4OS/c1-2-22-15-11-7-6-10-14(15)16-19-20-17(23)21(16)18-12-13-8-4-3-5-9-13/h3-12H,2H2,1H3,(H,20,23)/b18-12-. The highest BCUT2D eigenvalue weighted by atomic mass is 32.1. The average Bonchev–Trinajstić information content (AvgIpc) is 2.95. The van der Waals surface area contributed by atoms with Crippen molar-refractivity contribution in [2.45, 2.75) is 6.92 Å². The number of aromatic amines is 1. The van der Waals surface area contributed by atoms with Crippen LogP contribution in [0.3, 0.4) is 0 Å². The zero-order chi connectivity index (χ0) is 16.1. The molecular formula is C17H16N4OS. The van der Waals surface area contributed by atoms with Crippen LogP contribution in [0.1, 0.15) is 12.5 Å². The Hall–Kier alpha value is -2.73. The molecule has 5 nitrogen and oxygen atoms in total. The maximum Gasteiger partial charge on any atom is 0.216 e. The molecule has 0 unspecified atom stereocenters. The fraction of sp³-hybridized carbons (Fsp3) is 0.118. The van der Waals surface area contributed by atoms with Crippen molar-refractivity contribution in [3.8, 4) is 17.1 Å². The van der Waals surface area contributed by atoms with Crippen LogP contribution in [-0.4, -0.2) is 27.7 Å². The molecule has 0 amide bonds. The SMILES string of the molecule is CCOc1ccccc1-c1n[nH]c(=S)n1/N=C\c1ccccc1. The number of nitrogens with one attached hydrogen (secondary N) is 1. The van der Waals surface area contributed by atoms with E-state index in [2.05, 4.69) is 15.3 Å². The molecule has 0 bridgehead atoms. The Morgan fingerprint density at radius 1 is 1.17 bits per heavy atom. The van der Waals surface area contributed by atoms with E-state index in [-0.39, 0.29) is 0 Å². The number of hydrogen-bond donors (Lipinski definition) is 1. The van der Waals surface area contributed by atoms with E-state index < -0.39 is 0 Å². The largest absolute Gasteiger partial charge is 0.493 e. The minimum atomic E-state index is 0.429. The predicted octanol–water partition coefficient (Wildman–Crippen LogP) is 3.89. The molecule has 6 heteroatoms. The second-order valence-corrected chi connectivity index (χ2v) is 5.14. The number of hydrogen-bond acceptors (Lipinski definition) is 4. The first-order valence-corrected chi connectivity index (χ1v) is 7.69. The predicted molar refractivity (Wildman–Crippen MR) is 93.5 cm³/mol. The highest BCUT2D eigenvalue weighted by Gasteiger charge is 2.13. The Balaban J connectivity index is 2.03. The van der Waals surface area contributed by atoms with Crippen LogP contribution in [0.5, 0.6) is 5.75 Å². The molecule has 0 aliphatic rings. The van der Waals surface area contributed by atoms with Crippen LogP contribution >= 0.6 is 12.2 Å². The Bertz CT molecular complexity index is 868. The summed E-state index contributed by atoms with van der Waals surface area (Å²) in [6, 6.07) is 17.5. The summed E-state index contributed by atoms with van der Waals surface area (Å²) in [5.74, 6) is 1.37. The molecule has 0 aliphatic carbocycles. The van der Waals surface area contributed by atoms with Crippen molar-refractivity contribution in [2.75, 3.05) is 6.61 Å². The molecule has 23 heavy (non-hydrogen) atoms. The minimum Gasteiger partial charge on any atom is -0.493 e. The van der Waals surface area contributed by atoms with E-state index in [1.807, 2.05) is 61.5 Å². The van der Waals surface area contributed by atoms with Crippen molar-refractivity contribution in [3.63, 3.8) is 0 Å². The Labute approximate surface area is 139 Å². The van der Waals surface area contributed by atoms with Gasteiger partial charge in [0.2, 0.25) is 4.77 Å². The number of aromatic nitrogens is 3. The van der Waals surface area contributed by atoms with Crippen molar-refractivity contribution >= 4 is 18.4 Å². The van der Waals surface area contributed by atoms with Crippen molar-refractivity contribution < 1.29 is 4.74 Å². The topological polar surface area (TPSA) is 55.2 Å². The van der Waals surface area contributed by atoms with Crippen LogP contribution in [-0.2, 0) is 0 Å². The Kier molecular flexibility index (Phi) is 4.63. The average molecular weight is 324 g/mol. The van der Waals surface area contributed by atoms with Gasteiger partial charge in [-0.3, -0.25) is 0 Å². The second-order valence-electron chi connectivity index (χ2n) is 4.75. The van der Waals surface area contributed by atoms with Crippen molar-refractivity contribution in [2.24, 2.45) is 5.10 Å². The third-order valence-corrected chi connectivity index (χ3v) is 3.46. The van der Waals surface area contributed by atoms with Gasteiger partial charge in [-0.15, -0.1) is 0 Å². The van der Waals surface area contributed by atoms with Gasteiger partial charge in [0, 0.05) is 0 Å². The van der Waals surface area contributed by atoms with E-state index in [0.717, 1.165) is 16.9 Å². The second kappa shape index (κ2) is 7.02. The summed E-state index contributed by atoms with van der Waals surface area (Å²) in [5.41, 5.74) is 1.83. The van der Waals surface area contributed by atoms with Gasteiger partial charge >= 0.3 is 0 Å². The van der Waals surface area contributed by atoms with Gasteiger partial charge in [-0.2, -0.15) is 14.9 Å². The number of benzene rings is 2. The first-order chi connectivity index (χ1) is 11.3. The maximum atomic E-state index is 5.67. The summed E-state index contributed by atoms with van der Waals surface area (Å²) in [5, 5.41) is 11.5. The number of nitrogens with zero attached hydrogens (tertiary/aromatic N) is 3. The van der Waals surface area contributed by atoms with Gasteiger partial charge in [-0.05, 0) is 36.8 Å². The van der Waals surface area contributed by atoms with Crippen LogP contribution in [0.15, 0.2) is 59.7 Å². The van der Waals surface area contributed by atoms with Crippen molar-refractivity contribution in [1.29, 1.82) is 0 Å². The number of para-hydroxylation sites is 1. The molecular weight excluding hydrogens is 308 g/mol. The first-order valence-electron chi connectivity index (χ1n) is 7.28. The quantitative estimate of drug-likeness (QED) is 0.572. The van der Waals surface area contributed by atoms with E-state index in [4.69, 9.17) is 17.0 Å². The molecule has 0 fully saturated rings. The molecule has 1 aromatic heterocycles. The van der Waals surface area contributed by atoms with Gasteiger partial charge < -0.3 is 4.74 Å². The summed E-state index contributed by atoms with van der Waals surface area (Å²) in [7, 11) is 0. The van der Waals surface area contributed by atoms with Gasteiger partial charge in [0.25, 0.3) is 0 Å². The molecule has 0 saturated heterocycles. The van der Waals surface area contributed by atoms with Crippen LogP contribution in [0.2, 0.25) is 0 Å². The number of rotatable bonds is 5. The Morgan fingerprint density at radius 3 is 2.70 bits per heavy atom. The third-order valence-electron chi connectivity index (χ3n) is 3.20. The lowest BCUT2D eigenvalue weighted by Crippen LogP contribution is -1.99. The van der Waals surface area contributed by atoms with Crippen LogP contribution < -0.4 is 4.74 Å². The molecule has 0 atom stereocenters. The minimum absolute atomic E-state index is 0.429. The molecule has 3 aromatic rings. The zero-order valence-electron chi connectivity index (χ0n) is 12.6. The molecule has 1 heterocycles. The van der Waals surface area contributed by atoms with E-state index in [1.54, 1.807) is 10.9 Å². The molecule has 1 N–H and O–H groups in total. The number of H-pyrrole nitrogens is 1. The monoisotopic (exact) mass is 324 g/mol. The van der Waals surface area contributed by atoms with Gasteiger partial charge in [-0.25, -0.2) is 5.10 Å². The highest BCUT2D eigenvalue weighted by molar-refractivity contribution is 7.71. The number of ether oxygens (including phenoxy) is 1. The third kappa shape index (κ3) is 3.37. The molecule has 0 spiro atoms. The van der Waals surface area contributed by atoms with E-state index in [1.165, 1.54) is 0 Å². The van der Waals surface area contributed by atoms with Crippen LogP contribution in [0, 0.1) is 4.77 Å². The lowest BCUT2D eigenvalue weighted by Gasteiger charge is -2.08. The fourth-order valence-corrected chi connectivity index (χ4v) is 2.35. The van der Waals surface area contributed by atoms with E-state index in [9.17, 15) is 0 Å². The van der Waals surface area contributed by atoms with Crippen molar-refractivity contribution in [1.82, 2.24) is 14.9 Å². The summed E-state index contributed by atoms with van der Waals surface area (Å²) >= 11 is 5.29. The molecule has 0 saturated carbocycles. The smallest absolute Gasteiger partial charge is 0.216 e. The van der Waals surface area contributed by atoms with E-state index in [0.29, 0.717) is 17.2 Å². The normalized spacial score (nSPS) is 11.0. The summed E-state index contributed by atoms with van der Waals surface area (Å²) < 4.78 is 7.69. The molecule has 116 valence electrons. The molecule has 0 radical (unpaired) electrons. The highest BCUT2D eigenvalue weighted by Crippen LogP contribution is 2.28. The van der Waals surface area contributed by atoms with E-state index >= 15 is 0 Å². The summed E-state index contributed by atoms with van der Waals surface area (Å²) in [6.07, 6.45) is 1.75. The molecule has 2 aromatic carbocycles. The first kappa shape index (κ1) is 15.2. The molecule has 0 aliphatic heterocycles.